The van der Waals surface area contributed by atoms with Crippen LogP contribution in [0.25, 0.3) is 0 Å². The Bertz CT molecular complexity index is 316. The van der Waals surface area contributed by atoms with Crippen LogP contribution >= 0.6 is 15.9 Å². The van der Waals surface area contributed by atoms with Gasteiger partial charge in [0.25, 0.3) is 0 Å². The van der Waals surface area contributed by atoms with Crippen molar-refractivity contribution in [1.82, 2.24) is 5.32 Å². The first-order chi connectivity index (χ1) is 6.77. The Morgan fingerprint density at radius 1 is 1.36 bits per heavy atom. The molecule has 2 N–H and O–H groups in total. The van der Waals surface area contributed by atoms with E-state index in [0.717, 1.165) is 23.9 Å². The number of hydrogen-bond donors (Lipinski definition) is 2. The molecule has 3 heteroatoms. The standard InChI is InChI=1S/C11H14BrNO/c12-10-4-2-1-3-9(10)11-7-8(14)5-6-13-11/h1-4,8,11,13-14H,5-7H2. The second-order valence-electron chi connectivity index (χ2n) is 3.71. The van der Waals surface area contributed by atoms with Crippen molar-refractivity contribution >= 4 is 15.9 Å². The number of aliphatic hydroxyl groups excluding tert-OH is 1. The number of aliphatic hydroxyl groups is 1. The quantitative estimate of drug-likeness (QED) is 0.807. The smallest absolute Gasteiger partial charge is 0.0570 e. The van der Waals surface area contributed by atoms with Crippen molar-refractivity contribution in [3.63, 3.8) is 0 Å². The first-order valence-corrected chi connectivity index (χ1v) is 5.72. The van der Waals surface area contributed by atoms with Crippen molar-refractivity contribution < 1.29 is 5.11 Å². The van der Waals surface area contributed by atoms with Crippen LogP contribution < -0.4 is 5.32 Å². The van der Waals surface area contributed by atoms with E-state index in [1.807, 2.05) is 18.2 Å². The number of benzene rings is 1. The van der Waals surface area contributed by atoms with Crippen molar-refractivity contribution in [2.24, 2.45) is 0 Å². The Morgan fingerprint density at radius 3 is 2.86 bits per heavy atom. The summed E-state index contributed by atoms with van der Waals surface area (Å²) in [7, 11) is 0. The number of hydrogen-bond acceptors (Lipinski definition) is 2. The van der Waals surface area contributed by atoms with E-state index in [4.69, 9.17) is 0 Å². The SMILES string of the molecule is OC1CCNC(c2ccccc2Br)C1. The van der Waals surface area contributed by atoms with Crippen LogP contribution in [-0.2, 0) is 0 Å². The van der Waals surface area contributed by atoms with E-state index in [9.17, 15) is 5.11 Å². The highest BCUT2D eigenvalue weighted by molar-refractivity contribution is 9.10. The molecule has 2 unspecified atom stereocenters. The molecule has 0 radical (unpaired) electrons. The van der Waals surface area contributed by atoms with Crippen LogP contribution in [0.1, 0.15) is 24.4 Å². The number of rotatable bonds is 1. The fraction of sp³-hybridized carbons (Fsp3) is 0.455. The van der Waals surface area contributed by atoms with Crippen LogP contribution in [0.15, 0.2) is 28.7 Å². The van der Waals surface area contributed by atoms with E-state index in [2.05, 4.69) is 27.3 Å². The molecule has 0 spiro atoms. The highest BCUT2D eigenvalue weighted by Crippen LogP contribution is 2.28. The highest BCUT2D eigenvalue weighted by atomic mass is 79.9. The average molecular weight is 256 g/mol. The molecule has 1 aliphatic heterocycles. The lowest BCUT2D eigenvalue weighted by atomic mass is 9.96. The van der Waals surface area contributed by atoms with Crippen LogP contribution in [0.2, 0.25) is 0 Å². The molecule has 1 heterocycles. The minimum Gasteiger partial charge on any atom is -0.393 e. The fourth-order valence-corrected chi connectivity index (χ4v) is 2.45. The van der Waals surface area contributed by atoms with Crippen LogP contribution in [0.5, 0.6) is 0 Å². The monoisotopic (exact) mass is 255 g/mol. The van der Waals surface area contributed by atoms with Crippen LogP contribution in [0, 0.1) is 0 Å². The van der Waals surface area contributed by atoms with Gasteiger partial charge in [0.15, 0.2) is 0 Å². The maximum absolute atomic E-state index is 9.58. The maximum Gasteiger partial charge on any atom is 0.0570 e. The van der Waals surface area contributed by atoms with Gasteiger partial charge in [0, 0.05) is 10.5 Å². The average Bonchev–Trinajstić information content (AvgIpc) is 2.18. The zero-order chi connectivity index (χ0) is 9.97. The lowest BCUT2D eigenvalue weighted by Crippen LogP contribution is -2.34. The van der Waals surface area contributed by atoms with Crippen molar-refractivity contribution in [3.8, 4) is 0 Å². The summed E-state index contributed by atoms with van der Waals surface area (Å²) in [5.41, 5.74) is 1.24. The first kappa shape index (κ1) is 10.1. The second-order valence-corrected chi connectivity index (χ2v) is 4.56. The van der Waals surface area contributed by atoms with Crippen molar-refractivity contribution in [3.05, 3.63) is 34.3 Å². The molecule has 0 amide bonds. The van der Waals surface area contributed by atoms with Crippen molar-refractivity contribution in [2.45, 2.75) is 25.0 Å². The number of halogens is 1. The van der Waals surface area contributed by atoms with Crippen molar-refractivity contribution in [1.29, 1.82) is 0 Å². The molecule has 2 rings (SSSR count). The van der Waals surface area contributed by atoms with Gasteiger partial charge >= 0.3 is 0 Å². The predicted molar refractivity (Wildman–Crippen MR) is 60.1 cm³/mol. The van der Waals surface area contributed by atoms with Gasteiger partial charge in [0.2, 0.25) is 0 Å². The van der Waals surface area contributed by atoms with E-state index >= 15 is 0 Å². The van der Waals surface area contributed by atoms with Crippen LogP contribution in [0.3, 0.4) is 0 Å². The molecule has 1 fully saturated rings. The highest BCUT2D eigenvalue weighted by Gasteiger charge is 2.21. The molecule has 2 nitrogen and oxygen atoms in total. The van der Waals surface area contributed by atoms with Gasteiger partial charge in [-0.1, -0.05) is 34.1 Å². The molecule has 14 heavy (non-hydrogen) atoms. The van der Waals surface area contributed by atoms with E-state index in [0.29, 0.717) is 0 Å². The molecule has 0 aromatic heterocycles. The molecule has 0 bridgehead atoms. The topological polar surface area (TPSA) is 32.3 Å². The first-order valence-electron chi connectivity index (χ1n) is 4.93. The summed E-state index contributed by atoms with van der Waals surface area (Å²) in [6.07, 6.45) is 1.51. The van der Waals surface area contributed by atoms with E-state index < -0.39 is 0 Å². The maximum atomic E-state index is 9.58. The summed E-state index contributed by atoms with van der Waals surface area (Å²) in [6, 6.07) is 8.46. The Morgan fingerprint density at radius 2 is 2.14 bits per heavy atom. The summed E-state index contributed by atoms with van der Waals surface area (Å²) in [4.78, 5) is 0. The Kier molecular flexibility index (Phi) is 3.21. The predicted octanol–water partition coefficient (Wildman–Crippen LogP) is 2.23. The van der Waals surface area contributed by atoms with E-state index in [-0.39, 0.29) is 12.1 Å². The Balaban J connectivity index is 2.18. The van der Waals surface area contributed by atoms with Gasteiger partial charge in [0.1, 0.15) is 0 Å². The zero-order valence-corrected chi connectivity index (χ0v) is 9.50. The van der Waals surface area contributed by atoms with E-state index in [1.165, 1.54) is 5.56 Å². The summed E-state index contributed by atoms with van der Waals surface area (Å²) in [5.74, 6) is 0. The summed E-state index contributed by atoms with van der Waals surface area (Å²) in [5, 5.41) is 13.0. The Labute approximate surface area is 92.5 Å². The molecule has 1 aromatic carbocycles. The zero-order valence-electron chi connectivity index (χ0n) is 7.91. The lowest BCUT2D eigenvalue weighted by Gasteiger charge is -2.28. The van der Waals surface area contributed by atoms with E-state index in [1.54, 1.807) is 0 Å². The van der Waals surface area contributed by atoms with Gasteiger partial charge < -0.3 is 10.4 Å². The third-order valence-electron chi connectivity index (χ3n) is 2.66. The van der Waals surface area contributed by atoms with Gasteiger partial charge in [-0.15, -0.1) is 0 Å². The third kappa shape index (κ3) is 2.16. The summed E-state index contributed by atoms with van der Waals surface area (Å²) in [6.45, 7) is 0.896. The molecular formula is C11H14BrNO. The molecule has 1 saturated heterocycles. The number of nitrogens with one attached hydrogen (secondary N) is 1. The normalized spacial score (nSPS) is 27.6. The van der Waals surface area contributed by atoms with Gasteiger partial charge in [-0.3, -0.25) is 0 Å². The minimum absolute atomic E-state index is 0.159. The molecule has 2 atom stereocenters. The number of piperidine rings is 1. The molecule has 0 aliphatic carbocycles. The van der Waals surface area contributed by atoms with Crippen LogP contribution in [-0.4, -0.2) is 17.8 Å². The fourth-order valence-electron chi connectivity index (χ4n) is 1.89. The lowest BCUT2D eigenvalue weighted by molar-refractivity contribution is 0.116. The molecule has 1 aromatic rings. The van der Waals surface area contributed by atoms with Gasteiger partial charge in [-0.2, -0.15) is 0 Å². The largest absolute Gasteiger partial charge is 0.393 e. The molecular weight excluding hydrogens is 242 g/mol. The van der Waals surface area contributed by atoms with Crippen LogP contribution in [0.4, 0.5) is 0 Å². The van der Waals surface area contributed by atoms with Gasteiger partial charge in [-0.25, -0.2) is 0 Å². The van der Waals surface area contributed by atoms with Gasteiger partial charge in [-0.05, 0) is 31.0 Å². The molecule has 1 aliphatic rings. The third-order valence-corrected chi connectivity index (χ3v) is 3.38. The van der Waals surface area contributed by atoms with Crippen molar-refractivity contribution in [2.75, 3.05) is 6.54 Å². The molecule has 76 valence electrons. The molecule has 0 saturated carbocycles. The second kappa shape index (κ2) is 4.43. The summed E-state index contributed by atoms with van der Waals surface area (Å²) >= 11 is 3.53. The Hall–Kier alpha value is -0.380. The van der Waals surface area contributed by atoms with Gasteiger partial charge in [0.05, 0.1) is 6.10 Å². The summed E-state index contributed by atoms with van der Waals surface area (Å²) < 4.78 is 1.12. The minimum atomic E-state index is -0.159.